The van der Waals surface area contributed by atoms with Crippen molar-refractivity contribution >= 4 is 32.7 Å². The zero-order valence-corrected chi connectivity index (χ0v) is 14.4. The average Bonchev–Trinajstić information content (AvgIpc) is 3.19. The Bertz CT molecular complexity index is 680. The molecule has 2 aromatic heterocycles. The van der Waals surface area contributed by atoms with Crippen molar-refractivity contribution in [3.63, 3.8) is 0 Å². The lowest BCUT2D eigenvalue weighted by molar-refractivity contribution is 0.320. The van der Waals surface area contributed by atoms with Crippen LogP contribution in [0.15, 0.2) is 33.2 Å². The third-order valence-corrected chi connectivity index (χ3v) is 8.35. The van der Waals surface area contributed by atoms with Crippen molar-refractivity contribution in [1.82, 2.24) is 4.31 Å². The third kappa shape index (κ3) is 3.08. The van der Waals surface area contributed by atoms with Gasteiger partial charge in [0.15, 0.2) is 0 Å². The molecule has 0 spiro atoms. The van der Waals surface area contributed by atoms with Crippen LogP contribution in [-0.4, -0.2) is 25.8 Å². The first-order valence-electron chi connectivity index (χ1n) is 7.22. The van der Waals surface area contributed by atoms with E-state index in [2.05, 4.69) is 23.8 Å². The predicted octanol–water partition coefficient (Wildman–Crippen LogP) is 3.94. The van der Waals surface area contributed by atoms with Gasteiger partial charge in [0.2, 0.25) is 0 Å². The lowest BCUT2D eigenvalue weighted by Crippen LogP contribution is -2.37. The molecule has 0 aliphatic carbocycles. The van der Waals surface area contributed by atoms with E-state index in [0.29, 0.717) is 23.2 Å². The monoisotopic (exact) mass is 341 g/mol. The van der Waals surface area contributed by atoms with Crippen LogP contribution in [0.2, 0.25) is 0 Å². The zero-order valence-electron chi connectivity index (χ0n) is 12.0. The molecule has 3 rings (SSSR count). The second kappa shape index (κ2) is 6.20. The van der Waals surface area contributed by atoms with Gasteiger partial charge in [0.05, 0.1) is 0 Å². The third-order valence-electron chi connectivity index (χ3n) is 4.05. The van der Waals surface area contributed by atoms with Gasteiger partial charge in [-0.2, -0.15) is 15.6 Å². The van der Waals surface area contributed by atoms with Crippen LogP contribution >= 0.6 is 22.7 Å². The summed E-state index contributed by atoms with van der Waals surface area (Å²) in [4.78, 5) is 1.13. The van der Waals surface area contributed by atoms with Crippen LogP contribution in [0, 0.1) is 0 Å². The fourth-order valence-corrected chi connectivity index (χ4v) is 6.41. The molecule has 0 N–H and O–H groups in total. The molecule has 0 amide bonds. The maximum absolute atomic E-state index is 12.6. The van der Waals surface area contributed by atoms with E-state index in [0.717, 1.165) is 24.1 Å². The molecule has 0 unspecified atom stereocenters. The summed E-state index contributed by atoms with van der Waals surface area (Å²) in [6, 6.07) is 5.84. The Kier molecular flexibility index (Phi) is 4.49. The molecular formula is C15H19NO2S3. The number of piperidine rings is 1. The van der Waals surface area contributed by atoms with E-state index in [-0.39, 0.29) is 0 Å². The number of rotatable bonds is 4. The van der Waals surface area contributed by atoms with Gasteiger partial charge in [-0.25, -0.2) is 8.42 Å². The predicted molar refractivity (Wildman–Crippen MR) is 88.7 cm³/mol. The summed E-state index contributed by atoms with van der Waals surface area (Å²) in [7, 11) is -3.29. The quantitative estimate of drug-likeness (QED) is 0.845. The fourth-order valence-electron chi connectivity index (χ4n) is 2.75. The average molecular weight is 342 g/mol. The van der Waals surface area contributed by atoms with Crippen LogP contribution in [-0.2, 0) is 16.4 Å². The number of hydrogen-bond donors (Lipinski definition) is 0. The van der Waals surface area contributed by atoms with Crippen molar-refractivity contribution in [2.75, 3.05) is 13.1 Å². The molecule has 1 aliphatic heterocycles. The Balaban J connectivity index is 1.71. The van der Waals surface area contributed by atoms with Gasteiger partial charge in [-0.05, 0) is 59.7 Å². The normalized spacial score (nSPS) is 18.1. The Hall–Kier alpha value is -0.690. The van der Waals surface area contributed by atoms with Gasteiger partial charge in [-0.1, -0.05) is 6.92 Å². The van der Waals surface area contributed by atoms with Gasteiger partial charge in [-0.3, -0.25) is 0 Å². The number of nitrogens with zero attached hydrogens (tertiary/aromatic N) is 1. The highest BCUT2D eigenvalue weighted by molar-refractivity contribution is 7.91. The minimum absolute atomic E-state index is 0.494. The molecule has 3 nitrogen and oxygen atoms in total. The molecule has 0 atom stereocenters. The minimum Gasteiger partial charge on any atom is -0.206 e. The summed E-state index contributed by atoms with van der Waals surface area (Å²) in [6.07, 6.45) is 2.73. The summed E-state index contributed by atoms with van der Waals surface area (Å²) in [5.41, 5.74) is 1.36. The largest absolute Gasteiger partial charge is 0.252 e. The lowest BCUT2D eigenvalue weighted by atomic mass is 9.92. The van der Waals surface area contributed by atoms with Crippen LogP contribution in [0.1, 0.15) is 36.1 Å². The van der Waals surface area contributed by atoms with Gasteiger partial charge in [0, 0.05) is 18.0 Å². The number of aryl methyl sites for hydroxylation is 1. The number of thiophene rings is 2. The van der Waals surface area contributed by atoms with Gasteiger partial charge in [0.25, 0.3) is 10.0 Å². The first-order valence-corrected chi connectivity index (χ1v) is 10.4. The molecular weight excluding hydrogens is 322 g/mol. The fraction of sp³-hybridized carbons (Fsp3) is 0.467. The SMILES string of the molecule is CCc1ccc(S(=O)(=O)N2CCC(c3ccsc3)CC2)s1. The Morgan fingerprint density at radius 2 is 2.00 bits per heavy atom. The Morgan fingerprint density at radius 1 is 1.24 bits per heavy atom. The van der Waals surface area contributed by atoms with Crippen molar-refractivity contribution in [1.29, 1.82) is 0 Å². The van der Waals surface area contributed by atoms with E-state index < -0.39 is 10.0 Å². The van der Waals surface area contributed by atoms with Crippen molar-refractivity contribution in [3.8, 4) is 0 Å². The molecule has 0 saturated carbocycles. The summed E-state index contributed by atoms with van der Waals surface area (Å²) in [5, 5.41) is 4.28. The van der Waals surface area contributed by atoms with Crippen molar-refractivity contribution in [2.45, 2.75) is 36.3 Å². The van der Waals surface area contributed by atoms with E-state index >= 15 is 0 Å². The molecule has 1 aliphatic rings. The smallest absolute Gasteiger partial charge is 0.206 e. The van der Waals surface area contributed by atoms with Crippen molar-refractivity contribution < 1.29 is 8.42 Å². The molecule has 6 heteroatoms. The number of sulfonamides is 1. The molecule has 1 fully saturated rings. The molecule has 0 bridgehead atoms. The van der Waals surface area contributed by atoms with Crippen LogP contribution in [0.5, 0.6) is 0 Å². The lowest BCUT2D eigenvalue weighted by Gasteiger charge is -2.30. The maximum Gasteiger partial charge on any atom is 0.252 e. The van der Waals surface area contributed by atoms with E-state index in [4.69, 9.17) is 0 Å². The molecule has 3 heterocycles. The second-order valence-electron chi connectivity index (χ2n) is 5.31. The first-order chi connectivity index (χ1) is 10.1. The van der Waals surface area contributed by atoms with E-state index in [9.17, 15) is 8.42 Å². The van der Waals surface area contributed by atoms with Crippen LogP contribution in [0.25, 0.3) is 0 Å². The first kappa shape index (κ1) is 15.2. The Labute approximate surface area is 134 Å². The maximum atomic E-state index is 12.6. The highest BCUT2D eigenvalue weighted by Gasteiger charge is 2.30. The van der Waals surface area contributed by atoms with Crippen molar-refractivity contribution in [2.24, 2.45) is 0 Å². The zero-order chi connectivity index (χ0) is 14.9. The van der Waals surface area contributed by atoms with Crippen molar-refractivity contribution in [3.05, 3.63) is 39.4 Å². The standard InChI is InChI=1S/C15H19NO2S3/c1-2-14-3-4-15(20-14)21(17,18)16-8-5-12(6-9-16)13-7-10-19-11-13/h3-4,7,10-12H,2,5-6,8-9H2,1H3. The van der Waals surface area contributed by atoms with Gasteiger partial charge in [-0.15, -0.1) is 11.3 Å². The van der Waals surface area contributed by atoms with Gasteiger partial charge >= 0.3 is 0 Å². The molecule has 21 heavy (non-hydrogen) atoms. The highest BCUT2D eigenvalue weighted by Crippen LogP contribution is 2.33. The van der Waals surface area contributed by atoms with Crippen LogP contribution < -0.4 is 0 Å². The minimum atomic E-state index is -3.29. The molecule has 114 valence electrons. The topological polar surface area (TPSA) is 37.4 Å². The number of hydrogen-bond acceptors (Lipinski definition) is 4. The molecule has 1 saturated heterocycles. The summed E-state index contributed by atoms with van der Waals surface area (Å²) < 4.78 is 27.4. The highest BCUT2D eigenvalue weighted by atomic mass is 32.2. The van der Waals surface area contributed by atoms with Gasteiger partial charge in [0.1, 0.15) is 4.21 Å². The summed E-state index contributed by atoms with van der Waals surface area (Å²) >= 11 is 3.12. The summed E-state index contributed by atoms with van der Waals surface area (Å²) in [5.74, 6) is 0.511. The summed E-state index contributed by atoms with van der Waals surface area (Å²) in [6.45, 7) is 3.30. The Morgan fingerprint density at radius 3 is 2.57 bits per heavy atom. The van der Waals surface area contributed by atoms with E-state index in [1.165, 1.54) is 16.9 Å². The van der Waals surface area contributed by atoms with Crippen LogP contribution in [0.4, 0.5) is 0 Å². The van der Waals surface area contributed by atoms with Gasteiger partial charge < -0.3 is 0 Å². The van der Waals surface area contributed by atoms with E-state index in [1.807, 2.05) is 6.07 Å². The second-order valence-corrected chi connectivity index (χ2v) is 9.42. The molecule has 0 radical (unpaired) electrons. The molecule has 0 aromatic carbocycles. The van der Waals surface area contributed by atoms with Crippen LogP contribution in [0.3, 0.4) is 0 Å². The van der Waals surface area contributed by atoms with E-state index in [1.54, 1.807) is 21.7 Å². The molecule has 2 aromatic rings.